The summed E-state index contributed by atoms with van der Waals surface area (Å²) in [6, 6.07) is 10.4. The van der Waals surface area contributed by atoms with E-state index < -0.39 is 17.8 Å². The third-order valence-electron chi connectivity index (χ3n) is 5.31. The van der Waals surface area contributed by atoms with Crippen molar-refractivity contribution in [1.29, 1.82) is 5.26 Å². The van der Waals surface area contributed by atoms with Gasteiger partial charge < -0.3 is 9.47 Å². The first-order chi connectivity index (χ1) is 17.2. The number of halogens is 3. The zero-order valence-corrected chi connectivity index (χ0v) is 23.6. The zero-order valence-electron chi connectivity index (χ0n) is 19.0. The second-order valence-electron chi connectivity index (χ2n) is 7.61. The maximum Gasteiger partial charge on any atom is 0.338 e. The van der Waals surface area contributed by atoms with E-state index in [0.29, 0.717) is 31.9 Å². The van der Waals surface area contributed by atoms with Crippen LogP contribution in [0.5, 0.6) is 5.75 Å². The normalized spacial score (nSPS) is 15.2. The van der Waals surface area contributed by atoms with Gasteiger partial charge in [-0.1, -0.05) is 39.4 Å². The highest BCUT2D eigenvalue weighted by molar-refractivity contribution is 14.1. The number of hydrogen-bond acceptors (Lipinski definition) is 7. The van der Waals surface area contributed by atoms with Gasteiger partial charge in [-0.3, -0.25) is 9.36 Å². The standard InChI is InChI=1S/C25H18BrFIN3O4S/c1-3-34-24(33)20-13(2)30-25-31(21(20)14-4-6-17(27)7-5-14)23(32)19(36-25)11-15-10-16(26)12-18(28)22(15)35-9-8-29/h4-7,10-12,21H,3,9H2,1-2H3/b19-11-/t21-/m1/s1. The van der Waals surface area contributed by atoms with E-state index in [2.05, 4.69) is 43.5 Å². The first kappa shape index (κ1) is 26.2. The first-order valence-corrected chi connectivity index (χ1v) is 13.4. The number of fused-ring (bicyclic) bond motifs is 1. The van der Waals surface area contributed by atoms with Crippen LogP contribution in [-0.4, -0.2) is 23.8 Å². The lowest BCUT2D eigenvalue weighted by molar-refractivity contribution is -0.139. The summed E-state index contributed by atoms with van der Waals surface area (Å²) in [5.74, 6) is -0.542. The molecule has 4 rings (SSSR count). The van der Waals surface area contributed by atoms with E-state index in [1.807, 2.05) is 12.1 Å². The molecule has 0 saturated heterocycles. The lowest BCUT2D eigenvalue weighted by Gasteiger charge is -2.24. The fraction of sp³-hybridized carbons (Fsp3) is 0.200. The lowest BCUT2D eigenvalue weighted by atomic mass is 9.96. The summed E-state index contributed by atoms with van der Waals surface area (Å²) in [7, 11) is 0. The van der Waals surface area contributed by atoms with Crippen LogP contribution in [-0.2, 0) is 9.53 Å². The summed E-state index contributed by atoms with van der Waals surface area (Å²) >= 11 is 6.73. The highest BCUT2D eigenvalue weighted by Gasteiger charge is 2.33. The minimum atomic E-state index is -0.833. The van der Waals surface area contributed by atoms with Crippen LogP contribution in [0.25, 0.3) is 6.08 Å². The number of nitriles is 1. The molecule has 1 aliphatic rings. The molecule has 0 radical (unpaired) electrons. The molecule has 11 heteroatoms. The number of aromatic nitrogens is 1. The quantitative estimate of drug-likeness (QED) is 0.287. The Balaban J connectivity index is 1.96. The minimum absolute atomic E-state index is 0.146. The maximum absolute atomic E-state index is 13.7. The van der Waals surface area contributed by atoms with Crippen molar-refractivity contribution in [3.63, 3.8) is 0 Å². The topological polar surface area (TPSA) is 93.7 Å². The van der Waals surface area contributed by atoms with Crippen LogP contribution in [0.2, 0.25) is 0 Å². The average molecular weight is 682 g/mol. The molecule has 1 aromatic heterocycles. The van der Waals surface area contributed by atoms with E-state index in [9.17, 15) is 14.0 Å². The van der Waals surface area contributed by atoms with Gasteiger partial charge in [0, 0.05) is 10.0 Å². The van der Waals surface area contributed by atoms with E-state index >= 15 is 0 Å². The molecule has 0 spiro atoms. The number of hydrogen-bond donors (Lipinski definition) is 0. The second-order valence-corrected chi connectivity index (χ2v) is 10.7. The Morgan fingerprint density at radius 3 is 2.75 bits per heavy atom. The number of thiazole rings is 1. The SMILES string of the molecule is CCOC(=O)C1=C(C)N=c2s/c(=C\c3cc(Br)cc(I)c3OCC#N)c(=O)n2[C@@H]1c1ccc(F)cc1. The van der Waals surface area contributed by atoms with Crippen molar-refractivity contribution in [2.45, 2.75) is 19.9 Å². The molecule has 0 amide bonds. The Labute approximate surface area is 231 Å². The number of ether oxygens (including phenoxy) is 2. The summed E-state index contributed by atoms with van der Waals surface area (Å²) < 4.78 is 27.9. The predicted octanol–water partition coefficient (Wildman–Crippen LogP) is 4.21. The van der Waals surface area contributed by atoms with Gasteiger partial charge in [-0.2, -0.15) is 5.26 Å². The van der Waals surface area contributed by atoms with Gasteiger partial charge in [0.25, 0.3) is 5.56 Å². The Morgan fingerprint density at radius 1 is 1.36 bits per heavy atom. The van der Waals surface area contributed by atoms with Gasteiger partial charge in [0.15, 0.2) is 11.4 Å². The van der Waals surface area contributed by atoms with E-state index in [1.165, 1.54) is 16.7 Å². The zero-order chi connectivity index (χ0) is 26.0. The molecule has 1 aliphatic heterocycles. The number of esters is 1. The minimum Gasteiger partial charge on any atom is -0.477 e. The van der Waals surface area contributed by atoms with Crippen LogP contribution in [0.3, 0.4) is 0 Å². The molecular weight excluding hydrogens is 664 g/mol. The molecule has 184 valence electrons. The van der Waals surface area contributed by atoms with Crippen LogP contribution in [0, 0.1) is 20.7 Å². The summed E-state index contributed by atoms with van der Waals surface area (Å²) in [5, 5.41) is 8.97. The Bertz CT molecular complexity index is 1610. The Morgan fingerprint density at radius 2 is 2.08 bits per heavy atom. The van der Waals surface area contributed by atoms with Crippen molar-refractivity contribution in [2.24, 2.45) is 4.99 Å². The number of benzene rings is 2. The van der Waals surface area contributed by atoms with Crippen molar-refractivity contribution in [1.82, 2.24) is 4.57 Å². The number of allylic oxidation sites excluding steroid dienone is 1. The molecule has 2 heterocycles. The molecule has 0 unspecified atom stereocenters. The maximum atomic E-state index is 13.7. The van der Waals surface area contributed by atoms with E-state index in [0.717, 1.165) is 19.4 Å². The van der Waals surface area contributed by atoms with E-state index in [-0.39, 0.29) is 24.3 Å². The number of carbonyl (C=O) groups excluding carboxylic acids is 1. The smallest absolute Gasteiger partial charge is 0.338 e. The van der Waals surface area contributed by atoms with Crippen LogP contribution in [0.1, 0.15) is 31.0 Å². The third-order valence-corrected chi connectivity index (χ3v) is 7.55. The molecule has 7 nitrogen and oxygen atoms in total. The van der Waals surface area contributed by atoms with Crippen molar-refractivity contribution >= 4 is 61.9 Å². The van der Waals surface area contributed by atoms with Crippen molar-refractivity contribution in [2.75, 3.05) is 13.2 Å². The second kappa shape index (κ2) is 11.1. The Kier molecular flexibility index (Phi) is 8.07. The van der Waals surface area contributed by atoms with Crippen LogP contribution in [0.15, 0.2) is 61.9 Å². The van der Waals surface area contributed by atoms with Gasteiger partial charge >= 0.3 is 5.97 Å². The van der Waals surface area contributed by atoms with Crippen molar-refractivity contribution in [3.05, 3.63) is 92.3 Å². The number of rotatable bonds is 6. The predicted molar refractivity (Wildman–Crippen MR) is 145 cm³/mol. The van der Waals surface area contributed by atoms with Crippen LogP contribution in [0.4, 0.5) is 4.39 Å². The molecule has 0 aliphatic carbocycles. The third kappa shape index (κ3) is 5.16. The van der Waals surface area contributed by atoms with Crippen LogP contribution >= 0.6 is 49.9 Å². The van der Waals surface area contributed by atoms with Gasteiger partial charge in [-0.25, -0.2) is 14.2 Å². The fourth-order valence-corrected chi connectivity index (χ4v) is 6.58. The van der Waals surface area contributed by atoms with Gasteiger partial charge in [-0.05, 0) is 72.3 Å². The fourth-order valence-electron chi connectivity index (χ4n) is 3.84. The molecular formula is C25H18BrFIN3O4S. The highest BCUT2D eigenvalue weighted by Crippen LogP contribution is 2.32. The average Bonchev–Trinajstić information content (AvgIpc) is 3.12. The van der Waals surface area contributed by atoms with Gasteiger partial charge in [0.05, 0.1) is 32.0 Å². The Hall–Kier alpha value is -2.82. The molecule has 1 atom stereocenters. The lowest BCUT2D eigenvalue weighted by Crippen LogP contribution is -2.39. The number of nitrogens with zero attached hydrogens (tertiary/aromatic N) is 3. The van der Waals surface area contributed by atoms with Crippen molar-refractivity contribution < 1.29 is 18.7 Å². The monoisotopic (exact) mass is 681 g/mol. The van der Waals surface area contributed by atoms with Crippen LogP contribution < -0.4 is 19.6 Å². The van der Waals surface area contributed by atoms with Gasteiger partial charge in [0.1, 0.15) is 17.6 Å². The first-order valence-electron chi connectivity index (χ1n) is 10.7. The van der Waals surface area contributed by atoms with Crippen molar-refractivity contribution in [3.8, 4) is 11.8 Å². The van der Waals surface area contributed by atoms with E-state index in [1.54, 1.807) is 38.1 Å². The summed E-state index contributed by atoms with van der Waals surface area (Å²) in [5.41, 5.74) is 1.43. The van der Waals surface area contributed by atoms with E-state index in [4.69, 9.17) is 14.7 Å². The highest BCUT2D eigenvalue weighted by atomic mass is 127. The van der Waals surface area contributed by atoms with Gasteiger partial charge in [-0.15, -0.1) is 0 Å². The molecule has 0 saturated carbocycles. The summed E-state index contributed by atoms with van der Waals surface area (Å²) in [6.07, 6.45) is 1.68. The molecule has 0 bridgehead atoms. The number of carbonyl (C=O) groups is 1. The molecule has 0 N–H and O–H groups in total. The molecule has 36 heavy (non-hydrogen) atoms. The van der Waals surface area contributed by atoms with Gasteiger partial charge in [0.2, 0.25) is 0 Å². The molecule has 0 fully saturated rings. The summed E-state index contributed by atoms with van der Waals surface area (Å²) in [4.78, 5) is 31.6. The molecule has 2 aromatic carbocycles. The molecule has 3 aromatic rings. The largest absolute Gasteiger partial charge is 0.477 e. The summed E-state index contributed by atoms with van der Waals surface area (Å²) in [6.45, 7) is 3.39.